The Morgan fingerprint density at radius 1 is 1.03 bits per heavy atom. The number of fused-ring (bicyclic) bond motifs is 2. The standard InChI is InChI=1S/C28H25ClN2O2S/c1-3-30(21-14-12-20(29)13-15-21)27(32)23-16-18(2)31(24-10-6-5-9-22(23)24)28(33)26-17-19-8-4-7-11-25(19)34-26/h4-15,17-18,23H,3,16H2,1-2H3/t18-,23+/m1/s1. The maximum atomic E-state index is 13.8. The van der Waals surface area contributed by atoms with Crippen molar-refractivity contribution in [1.29, 1.82) is 0 Å². The maximum absolute atomic E-state index is 13.8. The van der Waals surface area contributed by atoms with Gasteiger partial charge in [0.15, 0.2) is 0 Å². The summed E-state index contributed by atoms with van der Waals surface area (Å²) >= 11 is 7.57. The minimum atomic E-state index is -0.326. The fourth-order valence-corrected chi connectivity index (χ4v) is 5.96. The number of hydrogen-bond acceptors (Lipinski definition) is 3. The van der Waals surface area contributed by atoms with Gasteiger partial charge in [0.2, 0.25) is 5.91 Å². The van der Waals surface area contributed by atoms with Crippen molar-refractivity contribution in [3.63, 3.8) is 0 Å². The molecule has 34 heavy (non-hydrogen) atoms. The molecule has 1 aromatic heterocycles. The fourth-order valence-electron chi connectivity index (χ4n) is 4.84. The molecule has 0 radical (unpaired) electrons. The van der Waals surface area contributed by atoms with Crippen LogP contribution < -0.4 is 9.80 Å². The van der Waals surface area contributed by atoms with E-state index in [1.165, 1.54) is 11.3 Å². The van der Waals surface area contributed by atoms with Crippen LogP contribution in [0.1, 0.15) is 41.4 Å². The van der Waals surface area contributed by atoms with Crippen molar-refractivity contribution in [2.75, 3.05) is 16.3 Å². The van der Waals surface area contributed by atoms with Crippen LogP contribution in [-0.4, -0.2) is 24.4 Å². The van der Waals surface area contributed by atoms with Gasteiger partial charge in [0.1, 0.15) is 0 Å². The summed E-state index contributed by atoms with van der Waals surface area (Å²) in [5, 5.41) is 1.71. The Morgan fingerprint density at radius 2 is 1.74 bits per heavy atom. The molecule has 5 rings (SSSR count). The lowest BCUT2D eigenvalue weighted by molar-refractivity contribution is -0.120. The van der Waals surface area contributed by atoms with Crippen molar-refractivity contribution in [3.05, 3.63) is 94.3 Å². The zero-order valence-electron chi connectivity index (χ0n) is 19.1. The predicted molar refractivity (Wildman–Crippen MR) is 141 cm³/mol. The third-order valence-electron chi connectivity index (χ3n) is 6.46. The molecule has 2 amide bonds. The zero-order valence-corrected chi connectivity index (χ0v) is 20.6. The number of anilines is 2. The molecule has 1 aliphatic heterocycles. The summed E-state index contributed by atoms with van der Waals surface area (Å²) in [7, 11) is 0. The first-order chi connectivity index (χ1) is 16.5. The first-order valence-corrected chi connectivity index (χ1v) is 12.7. The normalized spacial score (nSPS) is 17.4. The van der Waals surface area contributed by atoms with Gasteiger partial charge in [-0.05, 0) is 73.7 Å². The first-order valence-electron chi connectivity index (χ1n) is 11.5. The molecule has 0 saturated carbocycles. The zero-order chi connectivity index (χ0) is 23.8. The Kier molecular flexibility index (Phi) is 6.15. The molecular formula is C28H25ClN2O2S. The molecule has 6 heteroatoms. The average Bonchev–Trinajstić information content (AvgIpc) is 3.29. The molecule has 172 valence electrons. The van der Waals surface area contributed by atoms with Gasteiger partial charge in [-0.2, -0.15) is 0 Å². The largest absolute Gasteiger partial charge is 0.312 e. The number of hydrogen-bond donors (Lipinski definition) is 0. The van der Waals surface area contributed by atoms with Gasteiger partial charge in [0.25, 0.3) is 5.91 Å². The highest BCUT2D eigenvalue weighted by Gasteiger charge is 2.39. The number of carbonyl (C=O) groups excluding carboxylic acids is 2. The second-order valence-corrected chi connectivity index (χ2v) is 10.1. The Labute approximate surface area is 208 Å². The van der Waals surface area contributed by atoms with Gasteiger partial charge in [0, 0.05) is 33.7 Å². The molecule has 0 fully saturated rings. The lowest BCUT2D eigenvalue weighted by atomic mass is 9.84. The Bertz CT molecular complexity index is 1330. The van der Waals surface area contributed by atoms with E-state index in [-0.39, 0.29) is 23.8 Å². The van der Waals surface area contributed by atoms with Crippen LogP contribution in [0.4, 0.5) is 11.4 Å². The lowest BCUT2D eigenvalue weighted by Crippen LogP contribution is -2.46. The molecule has 0 aliphatic carbocycles. The van der Waals surface area contributed by atoms with E-state index in [4.69, 9.17) is 11.6 Å². The smallest absolute Gasteiger partial charge is 0.268 e. The molecule has 0 bridgehead atoms. The van der Waals surface area contributed by atoms with Gasteiger partial charge in [-0.3, -0.25) is 9.59 Å². The van der Waals surface area contributed by atoms with E-state index in [9.17, 15) is 9.59 Å². The van der Waals surface area contributed by atoms with Crippen LogP contribution in [-0.2, 0) is 4.79 Å². The molecule has 0 N–H and O–H groups in total. The number of halogens is 1. The van der Waals surface area contributed by atoms with Crippen molar-refractivity contribution in [2.45, 2.75) is 32.2 Å². The number of rotatable bonds is 4. The second kappa shape index (κ2) is 9.24. The summed E-state index contributed by atoms with van der Waals surface area (Å²) in [4.78, 5) is 31.8. The molecule has 1 aliphatic rings. The fraction of sp³-hybridized carbons (Fsp3) is 0.214. The topological polar surface area (TPSA) is 40.6 Å². The third kappa shape index (κ3) is 3.99. The van der Waals surface area contributed by atoms with Gasteiger partial charge in [0.05, 0.1) is 10.8 Å². The molecule has 0 saturated heterocycles. The molecule has 2 heterocycles. The molecule has 0 unspecified atom stereocenters. The van der Waals surface area contributed by atoms with Crippen molar-refractivity contribution in [3.8, 4) is 0 Å². The third-order valence-corrected chi connectivity index (χ3v) is 7.82. The van der Waals surface area contributed by atoms with Crippen LogP contribution >= 0.6 is 22.9 Å². The van der Waals surface area contributed by atoms with Crippen LogP contribution in [0.3, 0.4) is 0 Å². The molecule has 2 atom stereocenters. The Hall–Kier alpha value is -3.15. The SMILES string of the molecule is CCN(C(=O)[C@H]1C[C@@H](C)N(C(=O)c2cc3ccccc3s2)c2ccccc21)c1ccc(Cl)cc1. The molecular weight excluding hydrogens is 464 g/mol. The predicted octanol–water partition coefficient (Wildman–Crippen LogP) is 7.13. The highest BCUT2D eigenvalue weighted by Crippen LogP contribution is 2.41. The number of likely N-dealkylation sites (N-methyl/N-ethyl adjacent to an activating group) is 1. The van der Waals surface area contributed by atoms with E-state index < -0.39 is 0 Å². The average molecular weight is 489 g/mol. The van der Waals surface area contributed by atoms with Crippen LogP contribution in [0.2, 0.25) is 5.02 Å². The van der Waals surface area contributed by atoms with E-state index in [0.29, 0.717) is 22.9 Å². The van der Waals surface area contributed by atoms with Crippen molar-refractivity contribution >= 4 is 56.2 Å². The van der Waals surface area contributed by atoms with Crippen molar-refractivity contribution in [1.82, 2.24) is 0 Å². The van der Waals surface area contributed by atoms with Crippen LogP contribution in [0.5, 0.6) is 0 Å². The van der Waals surface area contributed by atoms with Crippen molar-refractivity contribution < 1.29 is 9.59 Å². The number of carbonyl (C=O) groups is 2. The minimum Gasteiger partial charge on any atom is -0.312 e. The maximum Gasteiger partial charge on any atom is 0.268 e. The number of thiophene rings is 1. The van der Waals surface area contributed by atoms with E-state index in [1.54, 1.807) is 17.0 Å². The summed E-state index contributed by atoms with van der Waals surface area (Å²) in [5.41, 5.74) is 2.53. The van der Waals surface area contributed by atoms with E-state index >= 15 is 0 Å². The number of benzene rings is 3. The molecule has 4 aromatic rings. The Balaban J connectivity index is 1.50. The summed E-state index contributed by atoms with van der Waals surface area (Å²) in [6.45, 7) is 4.56. The van der Waals surface area contributed by atoms with Gasteiger partial charge in [-0.15, -0.1) is 11.3 Å². The van der Waals surface area contributed by atoms with E-state index in [2.05, 4.69) is 0 Å². The lowest BCUT2D eigenvalue weighted by Gasteiger charge is -2.40. The van der Waals surface area contributed by atoms with Gasteiger partial charge in [-0.1, -0.05) is 48.0 Å². The molecule has 4 nitrogen and oxygen atoms in total. The molecule has 3 aromatic carbocycles. The second-order valence-electron chi connectivity index (χ2n) is 8.58. The number of amides is 2. The van der Waals surface area contributed by atoms with E-state index in [0.717, 1.165) is 27.0 Å². The number of para-hydroxylation sites is 1. The van der Waals surface area contributed by atoms with Gasteiger partial charge < -0.3 is 9.80 Å². The summed E-state index contributed by atoms with van der Waals surface area (Å²) in [5.74, 6) is -0.302. The van der Waals surface area contributed by atoms with Gasteiger partial charge >= 0.3 is 0 Å². The van der Waals surface area contributed by atoms with Gasteiger partial charge in [-0.25, -0.2) is 0 Å². The summed E-state index contributed by atoms with van der Waals surface area (Å²) in [6.07, 6.45) is 0.566. The van der Waals surface area contributed by atoms with Crippen LogP contribution in [0.25, 0.3) is 10.1 Å². The monoisotopic (exact) mass is 488 g/mol. The van der Waals surface area contributed by atoms with Crippen molar-refractivity contribution in [2.24, 2.45) is 0 Å². The number of nitrogens with zero attached hydrogens (tertiary/aromatic N) is 2. The first kappa shape index (κ1) is 22.6. The molecule has 0 spiro atoms. The van der Waals surface area contributed by atoms with Crippen LogP contribution in [0, 0.1) is 0 Å². The quantitative estimate of drug-likeness (QED) is 0.306. The van der Waals surface area contributed by atoms with Crippen LogP contribution in [0.15, 0.2) is 78.9 Å². The highest BCUT2D eigenvalue weighted by molar-refractivity contribution is 7.20. The highest BCUT2D eigenvalue weighted by atomic mass is 35.5. The van der Waals surface area contributed by atoms with E-state index in [1.807, 2.05) is 85.5 Å². The Morgan fingerprint density at radius 3 is 2.47 bits per heavy atom. The summed E-state index contributed by atoms with van der Waals surface area (Å²) in [6, 6.07) is 25.0. The summed E-state index contributed by atoms with van der Waals surface area (Å²) < 4.78 is 1.10. The minimum absolute atomic E-state index is 0.0166.